The lowest BCUT2D eigenvalue weighted by atomic mass is 10.1. The van der Waals surface area contributed by atoms with E-state index in [4.69, 9.17) is 16.3 Å². The Morgan fingerprint density at radius 2 is 1.85 bits per heavy atom. The number of amides is 2. The van der Waals surface area contributed by atoms with E-state index in [0.29, 0.717) is 28.7 Å². The first-order valence-corrected chi connectivity index (χ1v) is 10.7. The number of aromatic nitrogens is 1. The Balaban J connectivity index is 1.58. The van der Waals surface area contributed by atoms with Crippen molar-refractivity contribution in [1.29, 1.82) is 0 Å². The first-order chi connectivity index (χ1) is 16.4. The highest BCUT2D eigenvalue weighted by molar-refractivity contribution is 6.30. The van der Waals surface area contributed by atoms with Crippen LogP contribution in [0.1, 0.15) is 26.3 Å². The number of benzene rings is 2. The summed E-state index contributed by atoms with van der Waals surface area (Å²) in [5.41, 5.74) is 0.727. The van der Waals surface area contributed by atoms with Gasteiger partial charge in [0.25, 0.3) is 11.8 Å². The highest BCUT2D eigenvalue weighted by atomic mass is 35.5. The number of carbonyl (C=O) groups excluding carboxylic acids is 2. The summed E-state index contributed by atoms with van der Waals surface area (Å²) in [6.07, 6.45) is 1.40. The van der Waals surface area contributed by atoms with E-state index in [1.165, 1.54) is 37.6 Å². The number of carbonyl (C=O) groups is 2. The number of aliphatic imine (C=N–C) groups is 1. The van der Waals surface area contributed by atoms with Crippen molar-refractivity contribution < 1.29 is 18.7 Å². The molecular weight excluding hydrogens is 461 g/mol. The number of hydrogen-bond donors (Lipinski definition) is 2. The monoisotopic (exact) mass is 481 g/mol. The fourth-order valence-electron chi connectivity index (χ4n) is 3.45. The molecule has 1 aliphatic rings. The maximum atomic E-state index is 14.8. The van der Waals surface area contributed by atoms with Gasteiger partial charge in [-0.25, -0.2) is 9.37 Å². The topological polar surface area (TPSA) is 95.9 Å². The Hall–Kier alpha value is -3.98. The molecule has 8 nitrogen and oxygen atoms in total. The summed E-state index contributed by atoms with van der Waals surface area (Å²) in [5, 5.41) is 5.68. The van der Waals surface area contributed by atoms with Gasteiger partial charge in [0.15, 0.2) is 0 Å². The highest BCUT2D eigenvalue weighted by Crippen LogP contribution is 2.25. The first-order valence-electron chi connectivity index (χ1n) is 10.3. The lowest BCUT2D eigenvalue weighted by molar-refractivity contribution is 0.102. The standard InChI is InChI=1S/C24H21ClFN5O3/c1-31-10-9-27-22(31)14-3-6-17(19(26)11-14)23(32)29-20-7-5-16(34-2)12-18(20)24(33)30-21-8-4-15(25)13-28-21/h3-8,11-13H,9-10H2,1-2H3,(H,29,32)(H,28,30,33). The Kier molecular flexibility index (Phi) is 6.74. The van der Waals surface area contributed by atoms with Crippen molar-refractivity contribution in [2.45, 2.75) is 0 Å². The van der Waals surface area contributed by atoms with Crippen molar-refractivity contribution in [2.75, 3.05) is 37.9 Å². The highest BCUT2D eigenvalue weighted by Gasteiger charge is 2.21. The van der Waals surface area contributed by atoms with Gasteiger partial charge in [0.05, 0.1) is 35.5 Å². The summed E-state index contributed by atoms with van der Waals surface area (Å²) < 4.78 is 20.0. The Bertz CT molecular complexity index is 1280. The summed E-state index contributed by atoms with van der Waals surface area (Å²) in [5.74, 6) is -0.574. The third-order valence-corrected chi connectivity index (χ3v) is 5.44. The minimum absolute atomic E-state index is 0.114. The summed E-state index contributed by atoms with van der Waals surface area (Å²) in [7, 11) is 3.33. The van der Waals surface area contributed by atoms with Gasteiger partial charge in [-0.05, 0) is 42.5 Å². The van der Waals surface area contributed by atoms with Crippen LogP contribution in [-0.4, -0.2) is 54.8 Å². The summed E-state index contributed by atoms with van der Waals surface area (Å²) in [6.45, 7) is 1.40. The van der Waals surface area contributed by atoms with Crippen molar-refractivity contribution >= 4 is 40.8 Å². The van der Waals surface area contributed by atoms with Crippen LogP contribution in [0.15, 0.2) is 59.7 Å². The molecule has 1 aliphatic heterocycles. The number of likely N-dealkylation sites (N-methyl/N-ethyl adjacent to an activating group) is 1. The summed E-state index contributed by atoms with van der Waals surface area (Å²) in [4.78, 5) is 36.1. The Morgan fingerprint density at radius 1 is 1.06 bits per heavy atom. The molecule has 0 unspecified atom stereocenters. The second kappa shape index (κ2) is 9.88. The number of pyridine rings is 1. The summed E-state index contributed by atoms with van der Waals surface area (Å²) >= 11 is 5.83. The van der Waals surface area contributed by atoms with Crippen molar-refractivity contribution in [3.63, 3.8) is 0 Å². The quantitative estimate of drug-likeness (QED) is 0.553. The Morgan fingerprint density at radius 3 is 2.50 bits per heavy atom. The van der Waals surface area contributed by atoms with E-state index in [2.05, 4.69) is 20.6 Å². The molecule has 2 aromatic carbocycles. The molecule has 0 atom stereocenters. The maximum absolute atomic E-state index is 14.8. The second-order valence-electron chi connectivity index (χ2n) is 7.50. The van der Waals surface area contributed by atoms with Crippen LogP contribution in [0.2, 0.25) is 5.02 Å². The molecule has 0 saturated carbocycles. The fourth-order valence-corrected chi connectivity index (χ4v) is 3.56. The molecular formula is C24H21ClFN5O3. The largest absolute Gasteiger partial charge is 0.497 e. The molecule has 0 bridgehead atoms. The zero-order valence-electron chi connectivity index (χ0n) is 18.4. The van der Waals surface area contributed by atoms with E-state index in [0.717, 1.165) is 6.54 Å². The third kappa shape index (κ3) is 4.99. The van der Waals surface area contributed by atoms with E-state index >= 15 is 0 Å². The van der Waals surface area contributed by atoms with Crippen LogP contribution in [0.3, 0.4) is 0 Å². The van der Waals surface area contributed by atoms with E-state index in [1.54, 1.807) is 24.3 Å². The molecule has 0 radical (unpaired) electrons. The van der Waals surface area contributed by atoms with Crippen molar-refractivity contribution in [2.24, 2.45) is 4.99 Å². The van der Waals surface area contributed by atoms with Crippen molar-refractivity contribution in [3.8, 4) is 5.75 Å². The van der Waals surface area contributed by atoms with Crippen LogP contribution in [-0.2, 0) is 0 Å². The normalized spacial score (nSPS) is 12.8. The zero-order valence-corrected chi connectivity index (χ0v) is 19.2. The lowest BCUT2D eigenvalue weighted by Gasteiger charge is -2.15. The van der Waals surface area contributed by atoms with Crippen LogP contribution < -0.4 is 15.4 Å². The van der Waals surface area contributed by atoms with Crippen LogP contribution in [0.5, 0.6) is 5.75 Å². The van der Waals surface area contributed by atoms with Gasteiger partial charge in [-0.15, -0.1) is 0 Å². The molecule has 2 N–H and O–H groups in total. The molecule has 0 fully saturated rings. The van der Waals surface area contributed by atoms with Crippen LogP contribution in [0.25, 0.3) is 0 Å². The van der Waals surface area contributed by atoms with Gasteiger partial charge in [-0.3, -0.25) is 14.6 Å². The van der Waals surface area contributed by atoms with Gasteiger partial charge in [-0.1, -0.05) is 17.7 Å². The molecule has 3 aromatic rings. The van der Waals surface area contributed by atoms with Crippen LogP contribution >= 0.6 is 11.6 Å². The molecule has 2 heterocycles. The van der Waals surface area contributed by atoms with Gasteiger partial charge < -0.3 is 20.3 Å². The molecule has 2 amide bonds. The number of hydrogen-bond acceptors (Lipinski definition) is 6. The van der Waals surface area contributed by atoms with Crippen molar-refractivity contribution in [1.82, 2.24) is 9.88 Å². The summed E-state index contributed by atoms with van der Waals surface area (Å²) in [6, 6.07) is 12.0. The lowest BCUT2D eigenvalue weighted by Crippen LogP contribution is -2.24. The molecule has 10 heteroatoms. The second-order valence-corrected chi connectivity index (χ2v) is 7.94. The molecule has 4 rings (SSSR count). The van der Waals surface area contributed by atoms with Crippen LogP contribution in [0, 0.1) is 5.82 Å². The van der Waals surface area contributed by atoms with E-state index in [-0.39, 0.29) is 22.6 Å². The zero-order chi connectivity index (χ0) is 24.2. The van der Waals surface area contributed by atoms with E-state index in [9.17, 15) is 14.0 Å². The number of methoxy groups -OCH3 is 1. The van der Waals surface area contributed by atoms with Crippen molar-refractivity contribution in [3.05, 3.63) is 82.3 Å². The number of nitrogens with zero attached hydrogens (tertiary/aromatic N) is 3. The number of ether oxygens (including phenoxy) is 1. The van der Waals surface area contributed by atoms with E-state index < -0.39 is 17.6 Å². The predicted molar refractivity (Wildman–Crippen MR) is 129 cm³/mol. The first kappa shape index (κ1) is 23.2. The minimum Gasteiger partial charge on any atom is -0.497 e. The average Bonchev–Trinajstić information content (AvgIpc) is 3.26. The number of amidine groups is 1. The van der Waals surface area contributed by atoms with Gasteiger partial charge in [0.2, 0.25) is 0 Å². The fraction of sp³-hybridized carbons (Fsp3) is 0.167. The number of nitrogens with one attached hydrogen (secondary N) is 2. The van der Waals surface area contributed by atoms with Crippen LogP contribution in [0.4, 0.5) is 15.9 Å². The van der Waals surface area contributed by atoms with Gasteiger partial charge in [0, 0.05) is 25.4 Å². The average molecular weight is 482 g/mol. The molecule has 0 saturated heterocycles. The van der Waals surface area contributed by atoms with Gasteiger partial charge >= 0.3 is 0 Å². The smallest absolute Gasteiger partial charge is 0.259 e. The Labute approximate surface area is 200 Å². The molecule has 174 valence electrons. The number of halogens is 2. The molecule has 0 spiro atoms. The van der Waals surface area contributed by atoms with Gasteiger partial charge in [-0.2, -0.15) is 0 Å². The maximum Gasteiger partial charge on any atom is 0.259 e. The predicted octanol–water partition coefficient (Wildman–Crippen LogP) is 4.08. The number of anilines is 2. The third-order valence-electron chi connectivity index (χ3n) is 5.22. The number of rotatable bonds is 6. The SMILES string of the molecule is COc1ccc(NC(=O)c2ccc(C3=NCCN3C)cc2F)c(C(=O)Nc2ccc(Cl)cn2)c1. The molecule has 0 aliphatic carbocycles. The van der Waals surface area contributed by atoms with E-state index in [1.807, 2.05) is 11.9 Å². The van der Waals surface area contributed by atoms with Gasteiger partial charge in [0.1, 0.15) is 23.2 Å². The molecule has 34 heavy (non-hydrogen) atoms. The minimum atomic E-state index is -0.699. The molecule has 1 aromatic heterocycles.